The molecule has 1 N–H and O–H groups in total. The van der Waals surface area contributed by atoms with E-state index in [0.29, 0.717) is 33.9 Å². The number of carbonyl (C=O) groups excluding carboxylic acids is 2. The maximum atomic E-state index is 12.6. The van der Waals surface area contributed by atoms with Gasteiger partial charge >= 0.3 is 5.97 Å². The molecular formula is C27H21N3O5. The molecule has 0 aromatic heterocycles. The van der Waals surface area contributed by atoms with Crippen LogP contribution in [0.4, 0.5) is 5.69 Å². The van der Waals surface area contributed by atoms with Crippen LogP contribution in [-0.2, 0) is 16.1 Å². The third kappa shape index (κ3) is 6.25. The Hall–Kier alpha value is -5.08. The zero-order valence-corrected chi connectivity index (χ0v) is 19.1. The molecule has 3 rings (SSSR count). The number of nitrogens with zero attached hydrogens (tertiary/aromatic N) is 2. The number of amides is 1. The smallest absolute Gasteiger partial charge is 0.337 e. The lowest BCUT2D eigenvalue weighted by Crippen LogP contribution is -2.13. The van der Waals surface area contributed by atoms with E-state index in [2.05, 4.69) is 16.1 Å². The topological polar surface area (TPSA) is 121 Å². The zero-order chi connectivity index (χ0) is 25.2. The Kier molecular flexibility index (Phi) is 8.20. The normalized spacial score (nSPS) is 10.5. The van der Waals surface area contributed by atoms with E-state index in [4.69, 9.17) is 9.47 Å². The Morgan fingerprint density at radius 2 is 1.71 bits per heavy atom. The average molecular weight is 467 g/mol. The summed E-state index contributed by atoms with van der Waals surface area (Å²) < 4.78 is 15.9. The lowest BCUT2D eigenvalue weighted by molar-refractivity contribution is -0.112. The van der Waals surface area contributed by atoms with Crippen molar-refractivity contribution in [3.05, 3.63) is 94.6 Å². The quantitative estimate of drug-likeness (QED) is 0.294. The first-order valence-electron chi connectivity index (χ1n) is 10.4. The second kappa shape index (κ2) is 11.7. The lowest BCUT2D eigenvalue weighted by Gasteiger charge is -2.12. The second-order valence-electron chi connectivity index (χ2n) is 7.16. The highest BCUT2D eigenvalue weighted by Crippen LogP contribution is 2.30. The number of hydrogen-bond acceptors (Lipinski definition) is 7. The minimum atomic E-state index is -0.606. The predicted molar refractivity (Wildman–Crippen MR) is 128 cm³/mol. The number of ether oxygens (including phenoxy) is 3. The number of rotatable bonds is 8. The number of benzene rings is 3. The van der Waals surface area contributed by atoms with E-state index in [0.717, 1.165) is 5.56 Å². The number of esters is 1. The molecule has 0 aliphatic rings. The minimum absolute atomic E-state index is 0.124. The van der Waals surface area contributed by atoms with Gasteiger partial charge < -0.3 is 19.5 Å². The summed E-state index contributed by atoms with van der Waals surface area (Å²) in [5.74, 6) is -0.239. The van der Waals surface area contributed by atoms with Gasteiger partial charge in [-0.25, -0.2) is 4.79 Å². The van der Waals surface area contributed by atoms with E-state index >= 15 is 0 Å². The van der Waals surface area contributed by atoms with Crippen molar-refractivity contribution < 1.29 is 23.8 Å². The van der Waals surface area contributed by atoms with Gasteiger partial charge in [-0.05, 0) is 54.1 Å². The molecule has 0 bridgehead atoms. The van der Waals surface area contributed by atoms with Crippen molar-refractivity contribution in [2.24, 2.45) is 0 Å². The number of nitriles is 2. The molecule has 174 valence electrons. The van der Waals surface area contributed by atoms with E-state index in [9.17, 15) is 20.1 Å². The van der Waals surface area contributed by atoms with Crippen LogP contribution < -0.4 is 14.8 Å². The van der Waals surface area contributed by atoms with Crippen molar-refractivity contribution in [3.8, 4) is 23.6 Å². The Labute approximate surface area is 202 Å². The van der Waals surface area contributed by atoms with E-state index in [-0.39, 0.29) is 12.2 Å². The predicted octanol–water partition coefficient (Wildman–Crippen LogP) is 4.48. The van der Waals surface area contributed by atoms with E-state index < -0.39 is 11.9 Å². The molecule has 0 atom stereocenters. The standard InChI is InChI=1S/C27H21N3O5/c1-33-25-14-18(7-12-24(25)35-17-21-6-4-3-5-20(21)15-28)13-22(16-29)26(31)30-23-10-8-19(9-11-23)27(32)34-2/h3-14H,17H2,1-2H3,(H,30,31)/b22-13+. The molecule has 0 saturated carbocycles. The first-order chi connectivity index (χ1) is 17.0. The van der Waals surface area contributed by atoms with Gasteiger partial charge in [-0.2, -0.15) is 10.5 Å². The molecule has 3 aromatic rings. The number of carbonyl (C=O) groups is 2. The van der Waals surface area contributed by atoms with Crippen LogP contribution in [0.1, 0.15) is 27.0 Å². The van der Waals surface area contributed by atoms with Crippen molar-refractivity contribution in [3.63, 3.8) is 0 Å². The fraction of sp³-hybridized carbons (Fsp3) is 0.111. The summed E-state index contributed by atoms with van der Waals surface area (Å²) in [7, 11) is 2.76. The van der Waals surface area contributed by atoms with Crippen LogP contribution in [0, 0.1) is 22.7 Å². The van der Waals surface area contributed by atoms with Crippen LogP contribution in [0.3, 0.4) is 0 Å². The molecule has 3 aromatic carbocycles. The van der Waals surface area contributed by atoms with Gasteiger partial charge in [0.15, 0.2) is 11.5 Å². The van der Waals surface area contributed by atoms with Crippen molar-refractivity contribution in [2.75, 3.05) is 19.5 Å². The SMILES string of the molecule is COC(=O)c1ccc(NC(=O)/C(C#N)=C/c2ccc(OCc3ccccc3C#N)c(OC)c2)cc1. The van der Waals surface area contributed by atoms with Crippen molar-refractivity contribution in [1.82, 2.24) is 0 Å². The summed E-state index contributed by atoms with van der Waals surface area (Å²) in [6, 6.07) is 22.2. The molecule has 35 heavy (non-hydrogen) atoms. The van der Waals surface area contributed by atoms with Crippen LogP contribution in [0.15, 0.2) is 72.3 Å². The molecule has 8 nitrogen and oxygen atoms in total. The highest BCUT2D eigenvalue weighted by Gasteiger charge is 2.13. The molecule has 0 radical (unpaired) electrons. The summed E-state index contributed by atoms with van der Waals surface area (Å²) in [5, 5.41) is 21.4. The van der Waals surface area contributed by atoms with Crippen molar-refractivity contribution >= 4 is 23.6 Å². The highest BCUT2D eigenvalue weighted by molar-refractivity contribution is 6.09. The Morgan fingerprint density at radius 1 is 0.971 bits per heavy atom. The van der Waals surface area contributed by atoms with Crippen molar-refractivity contribution in [1.29, 1.82) is 10.5 Å². The molecule has 0 fully saturated rings. The molecular weight excluding hydrogens is 446 g/mol. The van der Waals surface area contributed by atoms with E-state index in [1.807, 2.05) is 18.2 Å². The van der Waals surface area contributed by atoms with Crippen molar-refractivity contribution in [2.45, 2.75) is 6.61 Å². The van der Waals surface area contributed by atoms with E-state index in [1.165, 1.54) is 32.4 Å². The number of methoxy groups -OCH3 is 2. The largest absolute Gasteiger partial charge is 0.493 e. The van der Waals surface area contributed by atoms with Crippen LogP contribution in [0.2, 0.25) is 0 Å². The average Bonchev–Trinajstić information content (AvgIpc) is 2.90. The first kappa shape index (κ1) is 24.6. The molecule has 0 aliphatic heterocycles. The van der Waals surface area contributed by atoms with Gasteiger partial charge in [-0.3, -0.25) is 4.79 Å². The third-order valence-electron chi connectivity index (χ3n) is 4.95. The fourth-order valence-electron chi connectivity index (χ4n) is 3.13. The summed E-state index contributed by atoms with van der Waals surface area (Å²) in [6.45, 7) is 0.176. The molecule has 1 amide bonds. The Bertz CT molecular complexity index is 1350. The Morgan fingerprint density at radius 3 is 2.37 bits per heavy atom. The van der Waals surface area contributed by atoms with Gasteiger partial charge in [-0.15, -0.1) is 0 Å². The fourth-order valence-corrected chi connectivity index (χ4v) is 3.13. The van der Waals surface area contributed by atoms with Gasteiger partial charge in [0.1, 0.15) is 18.2 Å². The second-order valence-corrected chi connectivity index (χ2v) is 7.16. The highest BCUT2D eigenvalue weighted by atomic mass is 16.5. The molecule has 0 heterocycles. The van der Waals surface area contributed by atoms with Gasteiger partial charge in [0.05, 0.1) is 31.4 Å². The minimum Gasteiger partial charge on any atom is -0.493 e. The number of hydrogen-bond donors (Lipinski definition) is 1. The molecule has 0 spiro atoms. The maximum Gasteiger partial charge on any atom is 0.337 e. The summed E-state index contributed by atoms with van der Waals surface area (Å²) in [4.78, 5) is 24.1. The van der Waals surface area contributed by atoms with Crippen LogP contribution in [0.5, 0.6) is 11.5 Å². The number of nitrogens with one attached hydrogen (secondary N) is 1. The Balaban J connectivity index is 1.74. The van der Waals surface area contributed by atoms with Crippen LogP contribution in [-0.4, -0.2) is 26.1 Å². The van der Waals surface area contributed by atoms with Gasteiger partial charge in [-0.1, -0.05) is 24.3 Å². The van der Waals surface area contributed by atoms with Gasteiger partial charge in [0, 0.05) is 11.3 Å². The number of anilines is 1. The monoisotopic (exact) mass is 467 g/mol. The first-order valence-corrected chi connectivity index (χ1v) is 10.4. The van der Waals surface area contributed by atoms with Gasteiger partial charge in [0.25, 0.3) is 5.91 Å². The molecule has 0 saturated heterocycles. The van der Waals surface area contributed by atoms with E-state index in [1.54, 1.807) is 42.5 Å². The summed E-state index contributed by atoms with van der Waals surface area (Å²) >= 11 is 0. The zero-order valence-electron chi connectivity index (χ0n) is 19.1. The molecule has 8 heteroatoms. The summed E-state index contributed by atoms with van der Waals surface area (Å²) in [6.07, 6.45) is 1.43. The van der Waals surface area contributed by atoms with Gasteiger partial charge in [0.2, 0.25) is 0 Å². The third-order valence-corrected chi connectivity index (χ3v) is 4.95. The molecule has 0 aliphatic carbocycles. The summed E-state index contributed by atoms with van der Waals surface area (Å²) in [5.41, 5.74) is 2.45. The van der Waals surface area contributed by atoms with Crippen LogP contribution in [0.25, 0.3) is 6.08 Å². The van der Waals surface area contributed by atoms with Crippen LogP contribution >= 0.6 is 0 Å². The maximum absolute atomic E-state index is 12.6. The lowest BCUT2D eigenvalue weighted by atomic mass is 10.1. The molecule has 0 unspecified atom stereocenters.